The maximum absolute atomic E-state index is 13.9. The van der Waals surface area contributed by atoms with Gasteiger partial charge in [-0.2, -0.15) is 0 Å². The first kappa shape index (κ1) is 18.3. The number of rotatable bonds is 3. The number of fused-ring (bicyclic) bond motifs is 1. The van der Waals surface area contributed by atoms with E-state index in [1.807, 2.05) is 0 Å². The molecule has 0 fully saturated rings. The summed E-state index contributed by atoms with van der Waals surface area (Å²) in [6, 6.07) is 3.60. The maximum atomic E-state index is 13.9. The van der Waals surface area contributed by atoms with E-state index < -0.39 is 28.8 Å². The normalized spacial score (nSPS) is 14.1. The molecule has 0 aliphatic carbocycles. The van der Waals surface area contributed by atoms with Crippen LogP contribution >= 0.6 is 0 Å². The quantitative estimate of drug-likeness (QED) is 0.552. The minimum absolute atomic E-state index is 0.0608. The molecule has 1 N–H and O–H groups in total. The van der Waals surface area contributed by atoms with Crippen LogP contribution in [0.5, 0.6) is 0 Å². The van der Waals surface area contributed by atoms with Gasteiger partial charge >= 0.3 is 0 Å². The largest absolute Gasteiger partial charge is 0.306 e. The number of benzene rings is 1. The van der Waals surface area contributed by atoms with Crippen LogP contribution in [-0.2, 0) is 19.5 Å². The minimum Gasteiger partial charge on any atom is -0.306 e. The molecule has 0 saturated carbocycles. The lowest BCUT2D eigenvalue weighted by Crippen LogP contribution is -2.36. The summed E-state index contributed by atoms with van der Waals surface area (Å²) in [5, 5.41) is 0. The third-order valence-corrected chi connectivity index (χ3v) is 4.69. The third-order valence-electron chi connectivity index (χ3n) is 4.69. The van der Waals surface area contributed by atoms with Crippen molar-refractivity contribution in [2.75, 3.05) is 6.54 Å². The Kier molecular flexibility index (Phi) is 4.68. The molecule has 0 bridgehead atoms. The number of aromatic amines is 1. The fourth-order valence-corrected chi connectivity index (χ4v) is 3.25. The van der Waals surface area contributed by atoms with Gasteiger partial charge in [0.25, 0.3) is 5.56 Å². The Hall–Kier alpha value is -3.07. The van der Waals surface area contributed by atoms with Gasteiger partial charge in [-0.3, -0.25) is 14.7 Å². The molecule has 0 radical (unpaired) electrons. The number of nitrogens with one attached hydrogen (secondary N) is 1. The second-order valence-corrected chi connectivity index (χ2v) is 6.48. The molecule has 144 valence electrons. The van der Waals surface area contributed by atoms with Gasteiger partial charge in [-0.25, -0.2) is 22.5 Å². The van der Waals surface area contributed by atoms with Crippen molar-refractivity contribution in [3.8, 4) is 11.4 Å². The zero-order valence-corrected chi connectivity index (χ0v) is 14.5. The number of nitrogens with zero attached hydrogens (tertiary/aromatic N) is 3. The van der Waals surface area contributed by atoms with Crippen LogP contribution in [0.2, 0.25) is 0 Å². The van der Waals surface area contributed by atoms with E-state index in [0.717, 1.165) is 0 Å². The maximum Gasteiger partial charge on any atom is 0.255 e. The molecule has 9 heteroatoms. The van der Waals surface area contributed by atoms with E-state index in [9.17, 15) is 22.4 Å². The van der Waals surface area contributed by atoms with Gasteiger partial charge in [0.15, 0.2) is 23.3 Å². The number of halogens is 4. The van der Waals surface area contributed by atoms with Crippen LogP contribution < -0.4 is 5.56 Å². The summed E-state index contributed by atoms with van der Waals surface area (Å²) in [6.07, 6.45) is 3.52. The molecule has 1 aliphatic heterocycles. The van der Waals surface area contributed by atoms with Crippen molar-refractivity contribution in [1.82, 2.24) is 19.9 Å². The van der Waals surface area contributed by atoms with Crippen LogP contribution in [0.1, 0.15) is 16.8 Å². The lowest BCUT2D eigenvalue weighted by Gasteiger charge is -2.28. The molecular weight excluding hydrogens is 376 g/mol. The predicted octanol–water partition coefficient (Wildman–Crippen LogP) is 2.95. The molecule has 4 rings (SSSR count). The van der Waals surface area contributed by atoms with Gasteiger partial charge in [0, 0.05) is 55.6 Å². The highest BCUT2D eigenvalue weighted by Gasteiger charge is 2.25. The lowest BCUT2D eigenvalue weighted by atomic mass is 10.0. The molecule has 0 atom stereocenters. The molecule has 3 heterocycles. The van der Waals surface area contributed by atoms with Gasteiger partial charge in [0.05, 0.1) is 11.3 Å². The van der Waals surface area contributed by atoms with Crippen molar-refractivity contribution in [2.24, 2.45) is 0 Å². The summed E-state index contributed by atoms with van der Waals surface area (Å²) in [6.45, 7) is 0.0267. The van der Waals surface area contributed by atoms with Crippen LogP contribution in [0.3, 0.4) is 0 Å². The SMILES string of the molecule is O=c1[nH]c(-c2ccncc2)nc2c1CN(Cc1c(F)c(F)cc(F)c1F)CC2. The molecule has 1 aliphatic rings. The van der Waals surface area contributed by atoms with E-state index in [-0.39, 0.29) is 24.7 Å². The molecule has 3 aromatic rings. The van der Waals surface area contributed by atoms with E-state index in [1.54, 1.807) is 29.4 Å². The summed E-state index contributed by atoms with van der Waals surface area (Å²) in [5.74, 6) is -5.35. The summed E-state index contributed by atoms with van der Waals surface area (Å²) in [5.41, 5.74) is 0.586. The third kappa shape index (κ3) is 3.29. The first-order chi connectivity index (χ1) is 13.4. The number of hydrogen-bond donors (Lipinski definition) is 1. The standard InChI is InChI=1S/C19H14F4N4O/c20-13-7-14(21)17(23)12(16(13)22)9-27-6-3-15-11(8-27)19(28)26-18(25-15)10-1-4-24-5-2-10/h1-2,4-5,7H,3,6,8-9H2,(H,25,26,28). The number of pyridine rings is 1. The van der Waals surface area contributed by atoms with Crippen LogP contribution in [0, 0.1) is 23.3 Å². The van der Waals surface area contributed by atoms with Crippen molar-refractivity contribution in [2.45, 2.75) is 19.5 Å². The number of aromatic nitrogens is 3. The van der Waals surface area contributed by atoms with E-state index in [0.29, 0.717) is 35.6 Å². The zero-order valence-electron chi connectivity index (χ0n) is 14.5. The first-order valence-electron chi connectivity index (χ1n) is 8.50. The van der Waals surface area contributed by atoms with E-state index in [1.165, 1.54) is 0 Å². The zero-order chi connectivity index (χ0) is 19.8. The Balaban J connectivity index is 1.62. The number of hydrogen-bond acceptors (Lipinski definition) is 4. The van der Waals surface area contributed by atoms with E-state index in [4.69, 9.17) is 0 Å². The van der Waals surface area contributed by atoms with Gasteiger partial charge < -0.3 is 4.98 Å². The molecule has 0 unspecified atom stereocenters. The summed E-state index contributed by atoms with van der Waals surface area (Å²) >= 11 is 0. The molecule has 1 aromatic carbocycles. The highest BCUT2D eigenvalue weighted by molar-refractivity contribution is 5.54. The highest BCUT2D eigenvalue weighted by atomic mass is 19.2. The van der Waals surface area contributed by atoms with Gasteiger partial charge in [0.2, 0.25) is 0 Å². The Morgan fingerprint density at radius 3 is 2.43 bits per heavy atom. The molecule has 0 amide bonds. The van der Waals surface area contributed by atoms with Crippen LogP contribution in [-0.4, -0.2) is 26.4 Å². The van der Waals surface area contributed by atoms with Crippen molar-refractivity contribution >= 4 is 0 Å². The minimum atomic E-state index is -1.45. The monoisotopic (exact) mass is 390 g/mol. The lowest BCUT2D eigenvalue weighted by molar-refractivity contribution is 0.232. The van der Waals surface area contributed by atoms with Gasteiger partial charge in [0.1, 0.15) is 5.82 Å². The molecule has 2 aromatic heterocycles. The molecular formula is C19H14F4N4O. The van der Waals surface area contributed by atoms with Crippen molar-refractivity contribution in [3.05, 3.63) is 81.0 Å². The second-order valence-electron chi connectivity index (χ2n) is 6.48. The van der Waals surface area contributed by atoms with Gasteiger partial charge in [-0.15, -0.1) is 0 Å². The summed E-state index contributed by atoms with van der Waals surface area (Å²) < 4.78 is 54.7. The van der Waals surface area contributed by atoms with Crippen molar-refractivity contribution < 1.29 is 17.6 Å². The fraction of sp³-hybridized carbons (Fsp3) is 0.211. The second kappa shape index (κ2) is 7.16. The Bertz CT molecular complexity index is 1080. The van der Waals surface area contributed by atoms with Crippen LogP contribution in [0.25, 0.3) is 11.4 Å². The summed E-state index contributed by atoms with van der Waals surface area (Å²) in [4.78, 5) is 25.1. The first-order valence-corrected chi connectivity index (χ1v) is 8.50. The smallest absolute Gasteiger partial charge is 0.255 e. The highest BCUT2D eigenvalue weighted by Crippen LogP contribution is 2.24. The topological polar surface area (TPSA) is 61.9 Å². The molecule has 0 saturated heterocycles. The summed E-state index contributed by atoms with van der Waals surface area (Å²) in [7, 11) is 0. The van der Waals surface area contributed by atoms with Crippen molar-refractivity contribution in [1.29, 1.82) is 0 Å². The average molecular weight is 390 g/mol. The Morgan fingerprint density at radius 2 is 1.75 bits per heavy atom. The number of H-pyrrole nitrogens is 1. The van der Waals surface area contributed by atoms with E-state index >= 15 is 0 Å². The fourth-order valence-electron chi connectivity index (χ4n) is 3.25. The average Bonchev–Trinajstić information content (AvgIpc) is 2.70. The van der Waals surface area contributed by atoms with Gasteiger partial charge in [-0.05, 0) is 12.1 Å². The molecule has 0 spiro atoms. The van der Waals surface area contributed by atoms with E-state index in [2.05, 4.69) is 15.0 Å². The van der Waals surface area contributed by atoms with Crippen LogP contribution in [0.4, 0.5) is 17.6 Å². The molecule has 28 heavy (non-hydrogen) atoms. The molecule has 5 nitrogen and oxygen atoms in total. The Morgan fingerprint density at radius 1 is 1.07 bits per heavy atom. The Labute approximate surface area is 156 Å². The van der Waals surface area contributed by atoms with Crippen LogP contribution in [0.15, 0.2) is 35.4 Å². The predicted molar refractivity (Wildman–Crippen MR) is 92.2 cm³/mol. The van der Waals surface area contributed by atoms with Crippen molar-refractivity contribution in [3.63, 3.8) is 0 Å². The van der Waals surface area contributed by atoms with Gasteiger partial charge in [-0.1, -0.05) is 0 Å².